The molecule has 0 aliphatic heterocycles. The van der Waals surface area contributed by atoms with Crippen LogP contribution < -0.4 is 5.73 Å². The van der Waals surface area contributed by atoms with E-state index in [1.165, 1.54) is 6.92 Å². The maximum Gasteiger partial charge on any atom is 0.319 e. The molecule has 1 aliphatic rings. The number of nitrogens with two attached hydrogens (primary N) is 1. The summed E-state index contributed by atoms with van der Waals surface area (Å²) in [4.78, 5) is 22.6. The van der Waals surface area contributed by atoms with Crippen LogP contribution in [0.2, 0.25) is 0 Å². The number of carbonyl (C=O) groups excluding carboxylic acids is 1. The van der Waals surface area contributed by atoms with Crippen molar-refractivity contribution in [3.63, 3.8) is 0 Å². The van der Waals surface area contributed by atoms with E-state index < -0.39 is 17.3 Å². The van der Waals surface area contributed by atoms with Gasteiger partial charge in [-0.05, 0) is 31.6 Å². The molecule has 16 heavy (non-hydrogen) atoms. The molecule has 1 rings (SSSR count). The number of carboxylic acid groups (broad SMARTS) is 1. The van der Waals surface area contributed by atoms with E-state index in [4.69, 9.17) is 5.73 Å². The highest BCUT2D eigenvalue weighted by Crippen LogP contribution is 2.41. The van der Waals surface area contributed by atoms with Gasteiger partial charge in [0.1, 0.15) is 5.41 Å². The van der Waals surface area contributed by atoms with Gasteiger partial charge < -0.3 is 10.8 Å². The molecule has 1 unspecified atom stereocenters. The zero-order chi connectivity index (χ0) is 12.3. The fourth-order valence-corrected chi connectivity index (χ4v) is 2.63. The molecule has 4 nitrogen and oxygen atoms in total. The van der Waals surface area contributed by atoms with Gasteiger partial charge in [-0.15, -0.1) is 0 Å². The fourth-order valence-electron chi connectivity index (χ4n) is 2.63. The second kappa shape index (κ2) is 4.85. The van der Waals surface area contributed by atoms with Gasteiger partial charge >= 0.3 is 5.97 Å². The van der Waals surface area contributed by atoms with Crippen molar-refractivity contribution in [3.05, 3.63) is 0 Å². The van der Waals surface area contributed by atoms with Gasteiger partial charge in [0.2, 0.25) is 5.91 Å². The van der Waals surface area contributed by atoms with Crippen LogP contribution in [-0.2, 0) is 9.59 Å². The first-order valence-electron chi connectivity index (χ1n) is 5.96. The largest absolute Gasteiger partial charge is 0.480 e. The van der Waals surface area contributed by atoms with Crippen LogP contribution in [0.15, 0.2) is 0 Å². The van der Waals surface area contributed by atoms with Gasteiger partial charge in [-0.2, -0.15) is 0 Å². The first-order chi connectivity index (χ1) is 7.42. The summed E-state index contributed by atoms with van der Waals surface area (Å²) in [5.74, 6) is -1.22. The maximum absolute atomic E-state index is 11.4. The summed E-state index contributed by atoms with van der Waals surface area (Å²) in [6, 6.07) is 0. The highest BCUT2D eigenvalue weighted by atomic mass is 16.4. The van der Waals surface area contributed by atoms with Gasteiger partial charge in [-0.1, -0.05) is 26.2 Å². The Kier molecular flexibility index (Phi) is 3.94. The predicted molar refractivity (Wildman–Crippen MR) is 60.7 cm³/mol. The van der Waals surface area contributed by atoms with Gasteiger partial charge in [0.15, 0.2) is 0 Å². The molecular weight excluding hydrogens is 206 g/mol. The van der Waals surface area contributed by atoms with E-state index in [2.05, 4.69) is 6.92 Å². The minimum absolute atomic E-state index is 0.106. The average Bonchev–Trinajstić information content (AvgIpc) is 2.27. The highest BCUT2D eigenvalue weighted by molar-refractivity contribution is 6.01. The molecule has 0 aromatic heterocycles. The number of carbonyl (C=O) groups is 2. The lowest BCUT2D eigenvalue weighted by Crippen LogP contribution is -2.48. The van der Waals surface area contributed by atoms with E-state index in [1.807, 2.05) is 0 Å². The molecule has 1 aliphatic carbocycles. The second-order valence-electron chi connectivity index (χ2n) is 5.00. The molecule has 0 spiro atoms. The Balaban J connectivity index is 2.76. The fraction of sp³-hybridized carbons (Fsp3) is 0.833. The monoisotopic (exact) mass is 227 g/mol. The third kappa shape index (κ3) is 2.20. The maximum atomic E-state index is 11.4. The Labute approximate surface area is 96.2 Å². The van der Waals surface area contributed by atoms with Crippen molar-refractivity contribution in [2.24, 2.45) is 23.0 Å². The van der Waals surface area contributed by atoms with Crippen LogP contribution in [0.5, 0.6) is 0 Å². The number of rotatable bonds is 4. The van der Waals surface area contributed by atoms with Crippen LogP contribution in [0.3, 0.4) is 0 Å². The van der Waals surface area contributed by atoms with Crippen molar-refractivity contribution in [3.8, 4) is 0 Å². The Hall–Kier alpha value is -1.06. The van der Waals surface area contributed by atoms with Crippen molar-refractivity contribution < 1.29 is 14.7 Å². The van der Waals surface area contributed by atoms with Crippen LogP contribution in [-0.4, -0.2) is 17.0 Å². The van der Waals surface area contributed by atoms with E-state index in [0.29, 0.717) is 5.92 Å². The summed E-state index contributed by atoms with van der Waals surface area (Å²) < 4.78 is 0. The summed E-state index contributed by atoms with van der Waals surface area (Å²) in [7, 11) is 0. The number of hydrogen-bond donors (Lipinski definition) is 2. The van der Waals surface area contributed by atoms with Crippen LogP contribution >= 0.6 is 0 Å². The topological polar surface area (TPSA) is 80.4 Å². The summed E-state index contributed by atoms with van der Waals surface area (Å²) >= 11 is 0. The standard InChI is InChI=1S/C12H21NO3/c1-3-8-4-6-9(7-5-8)12(2,10(13)14)11(15)16/h8-9H,3-7H2,1-2H3,(H2,13,14)(H,15,16). The Morgan fingerprint density at radius 2 is 1.81 bits per heavy atom. The minimum atomic E-state index is -1.39. The normalized spacial score (nSPS) is 29.4. The summed E-state index contributed by atoms with van der Waals surface area (Å²) in [6.07, 6.45) is 4.75. The Morgan fingerprint density at radius 1 is 1.31 bits per heavy atom. The molecule has 1 fully saturated rings. The molecule has 1 atom stereocenters. The quantitative estimate of drug-likeness (QED) is 0.718. The van der Waals surface area contributed by atoms with Crippen LogP contribution in [0, 0.1) is 17.3 Å². The van der Waals surface area contributed by atoms with E-state index in [1.54, 1.807) is 0 Å². The summed E-state index contributed by atoms with van der Waals surface area (Å²) in [6.45, 7) is 3.62. The Bertz CT molecular complexity index is 266. The van der Waals surface area contributed by atoms with Crippen LogP contribution in [0.4, 0.5) is 0 Å². The molecule has 3 N–H and O–H groups in total. The lowest BCUT2D eigenvalue weighted by Gasteiger charge is -2.36. The second-order valence-corrected chi connectivity index (χ2v) is 5.00. The number of primary amides is 1. The molecule has 0 saturated heterocycles. The number of aliphatic carboxylic acids is 1. The SMILES string of the molecule is CCC1CCC(C(C)(C(N)=O)C(=O)O)CC1. The van der Waals surface area contributed by atoms with Gasteiger partial charge in [0.05, 0.1) is 0 Å². The number of carboxylic acids is 1. The summed E-state index contributed by atoms with van der Waals surface area (Å²) in [5, 5.41) is 9.18. The van der Waals surface area contributed by atoms with E-state index in [0.717, 1.165) is 32.1 Å². The van der Waals surface area contributed by atoms with Gasteiger partial charge in [-0.25, -0.2) is 0 Å². The lowest BCUT2D eigenvalue weighted by molar-refractivity contribution is -0.158. The van der Waals surface area contributed by atoms with Gasteiger partial charge in [-0.3, -0.25) is 9.59 Å². The van der Waals surface area contributed by atoms with Crippen molar-refractivity contribution in [2.45, 2.75) is 46.0 Å². The van der Waals surface area contributed by atoms with Crippen molar-refractivity contribution >= 4 is 11.9 Å². The third-order valence-electron chi connectivity index (χ3n) is 4.20. The van der Waals surface area contributed by atoms with Crippen LogP contribution in [0.25, 0.3) is 0 Å². The molecular formula is C12H21NO3. The lowest BCUT2D eigenvalue weighted by atomic mass is 9.67. The molecule has 4 heteroatoms. The van der Waals surface area contributed by atoms with Crippen LogP contribution in [0.1, 0.15) is 46.0 Å². The molecule has 1 amide bonds. The zero-order valence-electron chi connectivity index (χ0n) is 10.0. The van der Waals surface area contributed by atoms with Gasteiger partial charge in [0.25, 0.3) is 0 Å². The van der Waals surface area contributed by atoms with E-state index in [-0.39, 0.29) is 5.92 Å². The summed E-state index contributed by atoms with van der Waals surface area (Å²) in [5.41, 5.74) is 3.86. The van der Waals surface area contributed by atoms with Crippen molar-refractivity contribution in [1.82, 2.24) is 0 Å². The third-order valence-corrected chi connectivity index (χ3v) is 4.20. The Morgan fingerprint density at radius 3 is 2.12 bits per heavy atom. The van der Waals surface area contributed by atoms with Crippen molar-refractivity contribution in [1.29, 1.82) is 0 Å². The molecule has 92 valence electrons. The van der Waals surface area contributed by atoms with Gasteiger partial charge in [0, 0.05) is 0 Å². The molecule has 0 radical (unpaired) electrons. The first-order valence-corrected chi connectivity index (χ1v) is 5.96. The predicted octanol–water partition coefficient (Wildman–Crippen LogP) is 1.78. The number of amides is 1. The minimum Gasteiger partial charge on any atom is -0.480 e. The molecule has 1 saturated carbocycles. The molecule has 0 aromatic carbocycles. The smallest absolute Gasteiger partial charge is 0.319 e. The van der Waals surface area contributed by atoms with Crippen molar-refractivity contribution in [2.75, 3.05) is 0 Å². The van der Waals surface area contributed by atoms with E-state index in [9.17, 15) is 14.7 Å². The average molecular weight is 227 g/mol. The number of hydrogen-bond acceptors (Lipinski definition) is 2. The highest BCUT2D eigenvalue weighted by Gasteiger charge is 2.47. The molecule has 0 heterocycles. The van der Waals surface area contributed by atoms with E-state index >= 15 is 0 Å². The first kappa shape index (κ1) is 13.0. The zero-order valence-corrected chi connectivity index (χ0v) is 10.0. The molecule has 0 aromatic rings. The molecule has 0 bridgehead atoms.